The molecule has 6 nitrogen and oxygen atoms in total. The Kier molecular flexibility index (Phi) is 49.6. The van der Waals surface area contributed by atoms with Crippen LogP contribution in [0.2, 0.25) is 0 Å². The van der Waals surface area contributed by atoms with E-state index in [0.29, 0.717) is 25.9 Å². The molecule has 360 valence electrons. The van der Waals surface area contributed by atoms with Crippen molar-refractivity contribution in [3.63, 3.8) is 0 Å². The van der Waals surface area contributed by atoms with Crippen molar-refractivity contribution in [3.05, 3.63) is 24.3 Å². The summed E-state index contributed by atoms with van der Waals surface area (Å²) in [5.41, 5.74) is 0. The summed E-state index contributed by atoms with van der Waals surface area (Å²) < 4.78 is 5.45. The van der Waals surface area contributed by atoms with Gasteiger partial charge in [-0.15, -0.1) is 0 Å². The topological polar surface area (TPSA) is 95.9 Å². The summed E-state index contributed by atoms with van der Waals surface area (Å²) in [6.07, 6.45) is 60.0. The number of aliphatic hydroxyl groups excluding tert-OH is 2. The van der Waals surface area contributed by atoms with Crippen molar-refractivity contribution in [2.45, 2.75) is 302 Å². The average molecular weight is 860 g/mol. The monoisotopic (exact) mass is 860 g/mol. The van der Waals surface area contributed by atoms with E-state index >= 15 is 0 Å². The predicted octanol–water partition coefficient (Wildman–Crippen LogP) is 16.3. The van der Waals surface area contributed by atoms with Gasteiger partial charge in [-0.1, -0.05) is 250 Å². The van der Waals surface area contributed by atoms with E-state index in [1.807, 2.05) is 0 Å². The number of hydrogen-bond acceptors (Lipinski definition) is 5. The van der Waals surface area contributed by atoms with Crippen LogP contribution in [0.15, 0.2) is 24.3 Å². The Balaban J connectivity index is 3.45. The Bertz CT molecular complexity index is 951. The summed E-state index contributed by atoms with van der Waals surface area (Å²) >= 11 is 0. The first-order chi connectivity index (χ1) is 30.0. The lowest BCUT2D eigenvalue weighted by molar-refractivity contribution is -0.143. The molecule has 0 aliphatic rings. The van der Waals surface area contributed by atoms with Gasteiger partial charge in [0.05, 0.1) is 25.4 Å². The van der Waals surface area contributed by atoms with Gasteiger partial charge in [-0.2, -0.15) is 0 Å². The lowest BCUT2D eigenvalue weighted by atomic mass is 10.0. The van der Waals surface area contributed by atoms with Crippen molar-refractivity contribution in [2.75, 3.05) is 13.2 Å². The molecule has 0 saturated heterocycles. The molecule has 0 aliphatic carbocycles. The van der Waals surface area contributed by atoms with Crippen LogP contribution in [0.5, 0.6) is 0 Å². The minimum atomic E-state index is -0.672. The Morgan fingerprint density at radius 1 is 0.459 bits per heavy atom. The van der Waals surface area contributed by atoms with Gasteiger partial charge in [0, 0.05) is 12.8 Å². The summed E-state index contributed by atoms with van der Waals surface area (Å²) in [6, 6.07) is -0.550. The molecule has 2 atom stereocenters. The van der Waals surface area contributed by atoms with Crippen LogP contribution in [-0.4, -0.2) is 47.4 Å². The first kappa shape index (κ1) is 59.3. The van der Waals surface area contributed by atoms with Gasteiger partial charge in [0.2, 0.25) is 5.91 Å². The van der Waals surface area contributed by atoms with E-state index < -0.39 is 12.1 Å². The highest BCUT2D eigenvalue weighted by Gasteiger charge is 2.20. The van der Waals surface area contributed by atoms with Gasteiger partial charge in [0.1, 0.15) is 0 Å². The summed E-state index contributed by atoms with van der Waals surface area (Å²) in [7, 11) is 0. The van der Waals surface area contributed by atoms with Gasteiger partial charge in [-0.25, -0.2) is 0 Å². The number of allylic oxidation sites excluding steroid dienone is 4. The van der Waals surface area contributed by atoms with Gasteiger partial charge >= 0.3 is 5.97 Å². The van der Waals surface area contributed by atoms with Crippen LogP contribution in [0, 0.1) is 0 Å². The number of carbonyl (C=O) groups is 2. The standard InChI is InChI=1S/C55H105NO5/c1-3-5-7-9-11-13-15-17-18-19-20-24-27-31-35-39-43-47-53(58)52(51-57)56-54(59)48-44-40-36-32-28-25-21-22-26-30-34-38-42-46-50-61-55(60)49-45-41-37-33-29-23-16-14-12-10-8-6-4-2/h8,10,14,16,52-53,57-58H,3-7,9,11-13,15,17-51H2,1-2H3,(H,56,59)/b10-8-,16-14-. The second-order valence-corrected chi connectivity index (χ2v) is 18.6. The fourth-order valence-electron chi connectivity index (χ4n) is 8.32. The van der Waals surface area contributed by atoms with Gasteiger partial charge in [0.15, 0.2) is 0 Å². The summed E-state index contributed by atoms with van der Waals surface area (Å²) in [5.74, 6) is -0.0619. The lowest BCUT2D eigenvalue weighted by Crippen LogP contribution is -2.45. The molecule has 0 aliphatic heterocycles. The number of nitrogens with one attached hydrogen (secondary N) is 1. The molecule has 3 N–H and O–H groups in total. The quantitative estimate of drug-likeness (QED) is 0.0322. The number of aliphatic hydroxyl groups is 2. The zero-order valence-electron chi connectivity index (χ0n) is 40.9. The van der Waals surface area contributed by atoms with Crippen molar-refractivity contribution in [1.29, 1.82) is 0 Å². The van der Waals surface area contributed by atoms with Gasteiger partial charge in [-0.05, 0) is 51.4 Å². The second kappa shape index (κ2) is 51.0. The van der Waals surface area contributed by atoms with E-state index in [0.717, 1.165) is 57.8 Å². The molecule has 0 bridgehead atoms. The maximum atomic E-state index is 12.5. The summed E-state index contributed by atoms with van der Waals surface area (Å²) in [5, 5.41) is 23.3. The number of hydrogen-bond donors (Lipinski definition) is 3. The number of rotatable bonds is 50. The molecule has 0 rings (SSSR count). The van der Waals surface area contributed by atoms with Crippen molar-refractivity contribution >= 4 is 11.9 Å². The molecule has 1 amide bonds. The Morgan fingerprint density at radius 3 is 1.31 bits per heavy atom. The fraction of sp³-hybridized carbons (Fsp3) is 0.891. The minimum Gasteiger partial charge on any atom is -0.466 e. The van der Waals surface area contributed by atoms with Crippen molar-refractivity contribution in [3.8, 4) is 0 Å². The number of esters is 1. The van der Waals surface area contributed by atoms with E-state index in [2.05, 4.69) is 43.5 Å². The Labute approximate surface area is 380 Å². The van der Waals surface area contributed by atoms with Crippen LogP contribution in [0.1, 0.15) is 290 Å². The zero-order valence-corrected chi connectivity index (χ0v) is 40.9. The molecular formula is C55H105NO5. The predicted molar refractivity (Wildman–Crippen MR) is 264 cm³/mol. The highest BCUT2D eigenvalue weighted by Crippen LogP contribution is 2.17. The van der Waals surface area contributed by atoms with E-state index in [-0.39, 0.29) is 18.5 Å². The zero-order chi connectivity index (χ0) is 44.4. The largest absolute Gasteiger partial charge is 0.466 e. The number of amides is 1. The van der Waals surface area contributed by atoms with Crippen LogP contribution in [-0.2, 0) is 14.3 Å². The molecule has 0 saturated carbocycles. The molecule has 0 aromatic rings. The first-order valence-corrected chi connectivity index (χ1v) is 27.1. The third kappa shape index (κ3) is 47.7. The molecular weight excluding hydrogens is 755 g/mol. The molecule has 2 unspecified atom stereocenters. The van der Waals surface area contributed by atoms with Crippen LogP contribution in [0.4, 0.5) is 0 Å². The highest BCUT2D eigenvalue weighted by molar-refractivity contribution is 5.76. The number of unbranched alkanes of at least 4 members (excludes halogenated alkanes) is 35. The highest BCUT2D eigenvalue weighted by atomic mass is 16.5. The molecule has 0 aromatic carbocycles. The summed E-state index contributed by atoms with van der Waals surface area (Å²) in [4.78, 5) is 24.5. The molecule has 0 aromatic heterocycles. The van der Waals surface area contributed by atoms with Crippen LogP contribution in [0.25, 0.3) is 0 Å². The summed E-state index contributed by atoms with van der Waals surface area (Å²) in [6.45, 7) is 4.87. The van der Waals surface area contributed by atoms with Crippen molar-refractivity contribution < 1.29 is 24.5 Å². The smallest absolute Gasteiger partial charge is 0.305 e. The maximum Gasteiger partial charge on any atom is 0.305 e. The first-order valence-electron chi connectivity index (χ1n) is 27.1. The molecule has 0 spiro atoms. The van der Waals surface area contributed by atoms with Crippen LogP contribution < -0.4 is 5.32 Å². The lowest BCUT2D eigenvalue weighted by Gasteiger charge is -2.22. The van der Waals surface area contributed by atoms with Crippen molar-refractivity contribution in [1.82, 2.24) is 5.32 Å². The minimum absolute atomic E-state index is 0.0173. The fourth-order valence-corrected chi connectivity index (χ4v) is 8.32. The van der Waals surface area contributed by atoms with Gasteiger partial charge < -0.3 is 20.3 Å². The van der Waals surface area contributed by atoms with E-state index in [4.69, 9.17) is 4.74 Å². The normalized spacial score (nSPS) is 12.8. The average Bonchev–Trinajstić information content (AvgIpc) is 3.26. The molecule has 0 fully saturated rings. The third-order valence-corrected chi connectivity index (χ3v) is 12.5. The third-order valence-electron chi connectivity index (χ3n) is 12.5. The maximum absolute atomic E-state index is 12.5. The number of carbonyl (C=O) groups excluding carboxylic acids is 2. The van der Waals surface area contributed by atoms with Crippen LogP contribution >= 0.6 is 0 Å². The van der Waals surface area contributed by atoms with Gasteiger partial charge in [-0.3, -0.25) is 9.59 Å². The van der Waals surface area contributed by atoms with Gasteiger partial charge in [0.25, 0.3) is 0 Å². The Morgan fingerprint density at radius 2 is 0.852 bits per heavy atom. The van der Waals surface area contributed by atoms with E-state index in [1.54, 1.807) is 0 Å². The second-order valence-electron chi connectivity index (χ2n) is 18.6. The molecule has 0 heterocycles. The number of ether oxygens (including phenoxy) is 1. The molecule has 6 heteroatoms. The molecule has 61 heavy (non-hydrogen) atoms. The van der Waals surface area contributed by atoms with E-state index in [9.17, 15) is 19.8 Å². The SMILES string of the molecule is CCC/C=C\C/C=C\CCCCCCCC(=O)OCCCCCCCCCCCCCCCCC(=O)NC(CO)C(O)CCCCCCCCCCCCCCCCCCC. The Hall–Kier alpha value is -1.66. The van der Waals surface area contributed by atoms with E-state index in [1.165, 1.54) is 199 Å². The van der Waals surface area contributed by atoms with Crippen molar-refractivity contribution in [2.24, 2.45) is 0 Å². The molecule has 0 radical (unpaired) electrons. The van der Waals surface area contributed by atoms with Crippen LogP contribution in [0.3, 0.4) is 0 Å².